The van der Waals surface area contributed by atoms with E-state index in [0.717, 1.165) is 69.7 Å². The standard InChI is InChI=1S/C24H34N4O4.C19H26N4O2.C13H21NO.C10H15N3O2.CO2.2ClH/c1-23(2,3)17-10-8-9-11-19(17)31-13-12-27(7)21(29)20-16-14-28(15-18(16)25-26-20)22(30)32-24(4,5)6;1-19(2,3)14-7-5-6-8-16(14)25-10-9-23(4)18(24)17-13-11-20-12-15(13)21-22-17;1-13(2,3)11-7-5-6-8-12(11)15-10-9-14-4;1-10(2,3)15-9(14)13-5-7-4-11-12-8(7)6-13;2-1-3;;/h8-11H,12-15H2,1-7H3,(H,25,26);5-8,20H,9-12H2,1-4H3,(H,21,22);5-8,14H,9-10H2,1-4H3;4H,5-6H2,1-3H3,(H,11,12);;2*1H. The van der Waals surface area contributed by atoms with Gasteiger partial charge in [-0.1, -0.05) is 117 Å². The molecule has 0 unspecified atom stereocenters. The van der Waals surface area contributed by atoms with Crippen LogP contribution in [-0.2, 0) is 74.6 Å². The average Bonchev–Trinajstić information content (AvgIpc) is 1.64. The first-order valence-electron chi connectivity index (χ1n) is 30.3. The second kappa shape index (κ2) is 34.6. The zero-order valence-electron chi connectivity index (χ0n) is 56.9. The number of hydrogen-bond donors (Lipinski definition) is 5. The number of nitrogens with zero attached hydrogens (tertiary/aromatic N) is 7. The molecule has 92 heavy (non-hydrogen) atoms. The van der Waals surface area contributed by atoms with E-state index in [-0.39, 0.29) is 65.1 Å². The molecule has 3 aliphatic heterocycles. The number of carbonyl (C=O) groups excluding carboxylic acids is 6. The molecule has 0 atom stereocenters. The first kappa shape index (κ1) is 78.3. The number of carbonyl (C=O) groups is 4. The third-order valence-electron chi connectivity index (χ3n) is 14.2. The summed E-state index contributed by atoms with van der Waals surface area (Å²) in [6.45, 7) is 37.1. The van der Waals surface area contributed by atoms with Gasteiger partial charge in [-0.3, -0.25) is 34.7 Å². The number of H-pyrrole nitrogens is 3. The van der Waals surface area contributed by atoms with Crippen molar-refractivity contribution in [2.75, 3.05) is 60.6 Å². The topological polar surface area (TPSA) is 272 Å². The summed E-state index contributed by atoms with van der Waals surface area (Å²) in [5.41, 5.74) is 9.08. The number of rotatable bonds is 14. The Kier molecular flexibility index (Phi) is 29.5. The van der Waals surface area contributed by atoms with Crippen LogP contribution in [0.4, 0.5) is 9.59 Å². The fourth-order valence-corrected chi connectivity index (χ4v) is 9.57. The Morgan fingerprint density at radius 2 is 0.924 bits per heavy atom. The van der Waals surface area contributed by atoms with Crippen LogP contribution >= 0.6 is 24.8 Å². The number of amides is 4. The van der Waals surface area contributed by atoms with Crippen molar-refractivity contribution < 1.29 is 52.5 Å². The van der Waals surface area contributed by atoms with E-state index in [0.29, 0.717) is 77.0 Å². The van der Waals surface area contributed by atoms with E-state index >= 15 is 0 Å². The lowest BCUT2D eigenvalue weighted by Gasteiger charge is -2.24. The highest BCUT2D eigenvalue weighted by molar-refractivity contribution is 5.94. The number of benzene rings is 3. The van der Waals surface area contributed by atoms with E-state index in [1.165, 1.54) is 11.1 Å². The number of halogens is 2. The van der Waals surface area contributed by atoms with Crippen LogP contribution in [0, 0.1) is 0 Å². The molecule has 0 fully saturated rings. The minimum atomic E-state index is -0.573. The molecule has 506 valence electrons. The predicted octanol–water partition coefficient (Wildman–Crippen LogP) is 11.1. The van der Waals surface area contributed by atoms with E-state index in [2.05, 4.69) is 128 Å². The minimum Gasteiger partial charge on any atom is -0.492 e. The van der Waals surface area contributed by atoms with Crippen molar-refractivity contribution >= 4 is 55.0 Å². The van der Waals surface area contributed by atoms with Gasteiger partial charge in [-0.25, -0.2) is 9.59 Å². The molecule has 0 radical (unpaired) electrons. The van der Waals surface area contributed by atoms with Crippen molar-refractivity contribution in [3.8, 4) is 17.2 Å². The van der Waals surface area contributed by atoms with Crippen molar-refractivity contribution in [3.05, 3.63) is 141 Å². The van der Waals surface area contributed by atoms with Crippen LogP contribution in [0.1, 0.15) is 175 Å². The molecule has 0 aliphatic carbocycles. The van der Waals surface area contributed by atoms with Gasteiger partial charge in [0.1, 0.15) is 48.3 Å². The summed E-state index contributed by atoms with van der Waals surface area (Å²) in [6.07, 6.45) is 1.33. The van der Waals surface area contributed by atoms with Gasteiger partial charge in [-0.15, -0.1) is 24.8 Å². The van der Waals surface area contributed by atoms with Crippen LogP contribution in [0.15, 0.2) is 79.0 Å². The normalized spacial score (nSPS) is 12.9. The molecule has 0 bridgehead atoms. The van der Waals surface area contributed by atoms with Gasteiger partial charge in [0.15, 0.2) is 11.4 Å². The monoisotopic (exact) mass is 1320 g/mol. The van der Waals surface area contributed by atoms with Gasteiger partial charge in [-0.05, 0) is 99.7 Å². The van der Waals surface area contributed by atoms with Crippen molar-refractivity contribution in [1.29, 1.82) is 0 Å². The Labute approximate surface area is 554 Å². The summed E-state index contributed by atoms with van der Waals surface area (Å²) in [6, 6.07) is 24.3. The Bertz CT molecular complexity index is 3340. The molecule has 6 aromatic rings. The largest absolute Gasteiger partial charge is 0.492 e. The molecule has 3 aromatic heterocycles. The number of aromatic amines is 3. The van der Waals surface area contributed by atoms with Crippen LogP contribution in [0.5, 0.6) is 17.2 Å². The second-order valence-electron chi connectivity index (χ2n) is 27.1. The third-order valence-corrected chi connectivity index (χ3v) is 14.2. The summed E-state index contributed by atoms with van der Waals surface area (Å²) < 4.78 is 28.4. The van der Waals surface area contributed by atoms with E-state index in [1.54, 1.807) is 39.9 Å². The van der Waals surface area contributed by atoms with Crippen LogP contribution in [-0.4, -0.2) is 152 Å². The number of nitrogens with one attached hydrogen (secondary N) is 5. The quantitative estimate of drug-likeness (QED) is 0.0634. The maximum atomic E-state index is 13.0. The lowest BCUT2D eigenvalue weighted by atomic mass is 9.86. The molecule has 0 spiro atoms. The van der Waals surface area contributed by atoms with Crippen LogP contribution < -0.4 is 24.8 Å². The number of ether oxygens (including phenoxy) is 5. The molecular weight excluding hydrogens is 1220 g/mol. The zero-order chi connectivity index (χ0) is 66.8. The highest BCUT2D eigenvalue weighted by atomic mass is 35.5. The third kappa shape index (κ3) is 23.3. The number of aromatic nitrogens is 6. The predicted molar refractivity (Wildman–Crippen MR) is 357 cm³/mol. The summed E-state index contributed by atoms with van der Waals surface area (Å²) in [4.78, 5) is 72.4. The Hall–Kier alpha value is -7.95. The van der Waals surface area contributed by atoms with Crippen molar-refractivity contribution in [2.24, 2.45) is 0 Å². The van der Waals surface area contributed by atoms with Gasteiger partial charge in [0.25, 0.3) is 11.8 Å². The molecule has 3 aromatic carbocycles. The van der Waals surface area contributed by atoms with Crippen molar-refractivity contribution in [3.63, 3.8) is 0 Å². The zero-order valence-corrected chi connectivity index (χ0v) is 58.6. The fraction of sp³-hybridized carbons (Fsp3) is 0.522. The Morgan fingerprint density at radius 1 is 0.533 bits per heavy atom. The van der Waals surface area contributed by atoms with Gasteiger partial charge in [0.2, 0.25) is 0 Å². The van der Waals surface area contributed by atoms with Gasteiger partial charge in [0, 0.05) is 50.4 Å². The molecule has 6 heterocycles. The van der Waals surface area contributed by atoms with Crippen LogP contribution in [0.3, 0.4) is 0 Å². The maximum Gasteiger partial charge on any atom is 0.410 e. The number of likely N-dealkylation sites (N-methyl/N-ethyl adjacent to an activating group) is 3. The molecule has 0 saturated heterocycles. The van der Waals surface area contributed by atoms with Gasteiger partial charge < -0.3 is 44.1 Å². The molecule has 5 N–H and O–H groups in total. The van der Waals surface area contributed by atoms with E-state index in [9.17, 15) is 19.2 Å². The summed E-state index contributed by atoms with van der Waals surface area (Å²) in [7, 11) is 5.44. The summed E-state index contributed by atoms with van der Waals surface area (Å²) in [5.74, 6) is 2.42. The number of fused-ring (bicyclic) bond motifs is 3. The first-order chi connectivity index (χ1) is 42.2. The SMILES string of the molecule is CC(C)(C)OC(=O)N1Cc2cn[nH]c2C1.CN(CCOc1ccccc1C(C)(C)C)C(=O)c1n[nH]c2c1CN(C(=O)OC(C)(C)C)C2.CN(CCOc1ccccc1C(C)(C)C)C(=O)c1n[nH]c2c1CNC2.CNCCOc1ccccc1C(C)(C)C.Cl.Cl.O=C=O. The lowest BCUT2D eigenvalue weighted by molar-refractivity contribution is -0.191. The minimum absolute atomic E-state index is 0. The van der Waals surface area contributed by atoms with Crippen LogP contribution in [0.25, 0.3) is 0 Å². The Balaban J connectivity index is 0.000000328. The lowest BCUT2D eigenvalue weighted by Crippen LogP contribution is -2.34. The van der Waals surface area contributed by atoms with E-state index < -0.39 is 17.3 Å². The average molecular weight is 1320 g/mol. The second-order valence-corrected chi connectivity index (χ2v) is 27.1. The highest BCUT2D eigenvalue weighted by Crippen LogP contribution is 2.34. The van der Waals surface area contributed by atoms with Gasteiger partial charge >= 0.3 is 18.3 Å². The molecule has 9 rings (SSSR count). The van der Waals surface area contributed by atoms with E-state index in [1.807, 2.05) is 97.1 Å². The molecular formula is C67H98Cl2N12O11. The number of hydrogen-bond acceptors (Lipinski definition) is 16. The molecule has 0 saturated carbocycles. The molecule has 3 aliphatic rings. The summed E-state index contributed by atoms with van der Waals surface area (Å²) in [5, 5.41) is 27.3. The van der Waals surface area contributed by atoms with Gasteiger partial charge in [-0.2, -0.15) is 24.9 Å². The molecule has 25 heteroatoms. The molecule has 23 nitrogen and oxygen atoms in total. The summed E-state index contributed by atoms with van der Waals surface area (Å²) >= 11 is 0. The van der Waals surface area contributed by atoms with Crippen molar-refractivity contribution in [2.45, 2.75) is 171 Å². The Morgan fingerprint density at radius 3 is 1.34 bits per heavy atom. The number of para-hydroxylation sites is 3. The smallest absolute Gasteiger partial charge is 0.410 e. The van der Waals surface area contributed by atoms with E-state index in [4.69, 9.17) is 33.3 Å². The van der Waals surface area contributed by atoms with Crippen molar-refractivity contribution in [1.82, 2.24) is 60.8 Å². The van der Waals surface area contributed by atoms with Crippen LogP contribution in [0.2, 0.25) is 0 Å². The fourth-order valence-electron chi connectivity index (χ4n) is 9.57. The highest BCUT2D eigenvalue weighted by Gasteiger charge is 2.35. The maximum absolute atomic E-state index is 13.0. The molecule has 4 amide bonds. The first-order valence-corrected chi connectivity index (χ1v) is 30.3. The van der Waals surface area contributed by atoms with Gasteiger partial charge in [0.05, 0.1) is 62.5 Å².